The monoisotopic (exact) mass is 342 g/mol. The van der Waals surface area contributed by atoms with E-state index in [-0.39, 0.29) is 5.56 Å². The first-order valence-corrected chi connectivity index (χ1v) is 8.75. The molecule has 0 radical (unpaired) electrons. The molecule has 0 aliphatic carbocycles. The number of nitrogens with zero attached hydrogens (tertiary/aromatic N) is 3. The molecule has 0 unspecified atom stereocenters. The second-order valence-electron chi connectivity index (χ2n) is 5.46. The van der Waals surface area contributed by atoms with Crippen LogP contribution in [-0.4, -0.2) is 20.1 Å². The zero-order valence-corrected chi connectivity index (χ0v) is 14.4. The largest absolute Gasteiger partial charge is 0.334 e. The summed E-state index contributed by atoms with van der Waals surface area (Å²) in [6.45, 7) is 4.09. The van der Waals surface area contributed by atoms with Gasteiger partial charge in [0.1, 0.15) is 0 Å². The molecule has 0 bridgehead atoms. The Labute approximate surface area is 143 Å². The molecule has 1 N–H and O–H groups in total. The first-order valence-electron chi connectivity index (χ1n) is 7.76. The molecule has 7 heteroatoms. The van der Waals surface area contributed by atoms with Gasteiger partial charge in [-0.15, -0.1) is 0 Å². The highest BCUT2D eigenvalue weighted by molar-refractivity contribution is 7.98. The van der Waals surface area contributed by atoms with Gasteiger partial charge in [0, 0.05) is 17.3 Å². The van der Waals surface area contributed by atoms with Crippen LogP contribution in [0.25, 0.3) is 11.5 Å². The van der Waals surface area contributed by atoms with E-state index in [1.165, 1.54) is 23.4 Å². The summed E-state index contributed by atoms with van der Waals surface area (Å²) in [5, 5.41) is 4.56. The molecule has 2 aromatic heterocycles. The average molecular weight is 342 g/mol. The summed E-state index contributed by atoms with van der Waals surface area (Å²) in [6, 6.07) is 9.45. The van der Waals surface area contributed by atoms with Gasteiger partial charge in [0.05, 0.1) is 5.75 Å². The van der Waals surface area contributed by atoms with Crippen molar-refractivity contribution in [3.63, 3.8) is 0 Å². The number of aryl methyl sites for hydroxylation is 2. The maximum Gasteiger partial charge on any atom is 0.257 e. The van der Waals surface area contributed by atoms with Crippen molar-refractivity contribution in [2.75, 3.05) is 0 Å². The van der Waals surface area contributed by atoms with Crippen molar-refractivity contribution < 1.29 is 4.52 Å². The van der Waals surface area contributed by atoms with Crippen LogP contribution in [0, 0.1) is 6.92 Å². The van der Waals surface area contributed by atoms with E-state index < -0.39 is 0 Å². The minimum absolute atomic E-state index is 0.135. The third-order valence-corrected chi connectivity index (χ3v) is 4.25. The van der Waals surface area contributed by atoms with Crippen LogP contribution >= 0.6 is 11.8 Å². The summed E-state index contributed by atoms with van der Waals surface area (Å²) in [7, 11) is 0. The van der Waals surface area contributed by atoms with E-state index in [0.717, 1.165) is 24.1 Å². The lowest BCUT2D eigenvalue weighted by Crippen LogP contribution is -2.10. The number of nitrogens with one attached hydrogen (secondary N) is 1. The Hall–Kier alpha value is -2.41. The van der Waals surface area contributed by atoms with Gasteiger partial charge in [-0.2, -0.15) is 4.98 Å². The number of thioether (sulfide) groups is 1. The Balaban J connectivity index is 1.69. The van der Waals surface area contributed by atoms with Gasteiger partial charge in [-0.1, -0.05) is 48.0 Å². The molecule has 0 atom stereocenters. The van der Waals surface area contributed by atoms with Crippen molar-refractivity contribution in [1.29, 1.82) is 0 Å². The maximum atomic E-state index is 11.7. The quantitative estimate of drug-likeness (QED) is 0.546. The molecule has 0 aliphatic heterocycles. The number of H-pyrrole nitrogens is 1. The SMILES string of the molecule is CCCc1cc(=O)[nH]c(SCc2noc(-c3ccc(C)cc3)n2)n1. The molecule has 6 nitrogen and oxygen atoms in total. The summed E-state index contributed by atoms with van der Waals surface area (Å²) < 4.78 is 5.30. The normalized spacial score (nSPS) is 10.9. The van der Waals surface area contributed by atoms with Gasteiger partial charge < -0.3 is 9.51 Å². The van der Waals surface area contributed by atoms with E-state index in [2.05, 4.69) is 27.0 Å². The van der Waals surface area contributed by atoms with E-state index >= 15 is 0 Å². The molecule has 124 valence electrons. The van der Waals surface area contributed by atoms with E-state index in [4.69, 9.17) is 4.52 Å². The number of hydrogen-bond donors (Lipinski definition) is 1. The highest BCUT2D eigenvalue weighted by atomic mass is 32.2. The van der Waals surface area contributed by atoms with Gasteiger partial charge in [0.2, 0.25) is 0 Å². The minimum atomic E-state index is -0.135. The Morgan fingerprint density at radius 3 is 2.75 bits per heavy atom. The molecule has 0 fully saturated rings. The van der Waals surface area contributed by atoms with Crippen molar-refractivity contribution >= 4 is 11.8 Å². The predicted molar refractivity (Wildman–Crippen MR) is 92.9 cm³/mol. The second-order valence-corrected chi connectivity index (χ2v) is 6.43. The summed E-state index contributed by atoms with van der Waals surface area (Å²) >= 11 is 1.39. The minimum Gasteiger partial charge on any atom is -0.334 e. The lowest BCUT2D eigenvalue weighted by Gasteiger charge is -2.01. The summed E-state index contributed by atoms with van der Waals surface area (Å²) in [4.78, 5) is 23.2. The van der Waals surface area contributed by atoms with Crippen LogP contribution in [0.1, 0.15) is 30.4 Å². The van der Waals surface area contributed by atoms with Gasteiger partial charge in [0.15, 0.2) is 11.0 Å². The summed E-state index contributed by atoms with van der Waals surface area (Å²) in [5.74, 6) is 1.54. The zero-order chi connectivity index (χ0) is 16.9. The molecule has 3 rings (SSSR count). The maximum absolute atomic E-state index is 11.7. The van der Waals surface area contributed by atoms with Crippen molar-refractivity contribution in [3.8, 4) is 11.5 Å². The summed E-state index contributed by atoms with van der Waals surface area (Å²) in [5.41, 5.74) is 2.73. The van der Waals surface area contributed by atoms with Crippen molar-refractivity contribution in [2.45, 2.75) is 37.6 Å². The van der Waals surface area contributed by atoms with E-state index in [0.29, 0.717) is 22.6 Å². The van der Waals surface area contributed by atoms with Crippen LogP contribution in [-0.2, 0) is 12.2 Å². The fraction of sp³-hybridized carbons (Fsp3) is 0.294. The molecule has 24 heavy (non-hydrogen) atoms. The van der Waals surface area contributed by atoms with Crippen LogP contribution in [0.5, 0.6) is 0 Å². The van der Waals surface area contributed by atoms with Crippen molar-refractivity contribution in [1.82, 2.24) is 20.1 Å². The van der Waals surface area contributed by atoms with Crippen molar-refractivity contribution in [2.24, 2.45) is 0 Å². The first kappa shape index (κ1) is 16.4. The predicted octanol–water partition coefficient (Wildman–Crippen LogP) is 3.37. The highest BCUT2D eigenvalue weighted by Crippen LogP contribution is 2.21. The molecule has 0 aliphatic rings. The van der Waals surface area contributed by atoms with E-state index in [9.17, 15) is 4.79 Å². The Bertz CT molecular complexity index is 871. The van der Waals surface area contributed by atoms with Crippen LogP contribution in [0.4, 0.5) is 0 Å². The standard InChI is InChI=1S/C17H18N4O2S/c1-3-4-13-9-15(22)20-17(18-13)24-10-14-19-16(23-21-14)12-7-5-11(2)6-8-12/h5-9H,3-4,10H2,1-2H3,(H,18,20,22). The topological polar surface area (TPSA) is 84.7 Å². The number of aromatic nitrogens is 4. The van der Waals surface area contributed by atoms with Crippen LogP contribution in [0.2, 0.25) is 0 Å². The van der Waals surface area contributed by atoms with Crippen LogP contribution < -0.4 is 5.56 Å². The van der Waals surface area contributed by atoms with Gasteiger partial charge >= 0.3 is 0 Å². The number of benzene rings is 1. The molecule has 0 spiro atoms. The number of aromatic amines is 1. The van der Waals surface area contributed by atoms with Gasteiger partial charge in [-0.05, 0) is 25.5 Å². The molecule has 0 amide bonds. The van der Waals surface area contributed by atoms with Gasteiger partial charge in [0.25, 0.3) is 11.4 Å². The Morgan fingerprint density at radius 1 is 1.21 bits per heavy atom. The number of hydrogen-bond acceptors (Lipinski definition) is 6. The number of rotatable bonds is 6. The second kappa shape index (κ2) is 7.44. The first-order chi connectivity index (χ1) is 11.6. The Morgan fingerprint density at radius 2 is 2.00 bits per heavy atom. The molecular formula is C17H18N4O2S. The lowest BCUT2D eigenvalue weighted by atomic mass is 10.1. The fourth-order valence-electron chi connectivity index (χ4n) is 2.19. The smallest absolute Gasteiger partial charge is 0.257 e. The van der Waals surface area contributed by atoms with E-state index in [1.54, 1.807) is 0 Å². The third-order valence-electron chi connectivity index (χ3n) is 3.38. The van der Waals surface area contributed by atoms with Gasteiger partial charge in [-0.3, -0.25) is 4.79 Å². The molecule has 0 saturated carbocycles. The third kappa shape index (κ3) is 4.11. The highest BCUT2D eigenvalue weighted by Gasteiger charge is 2.10. The van der Waals surface area contributed by atoms with Crippen LogP contribution in [0.3, 0.4) is 0 Å². The van der Waals surface area contributed by atoms with Gasteiger partial charge in [-0.25, -0.2) is 4.98 Å². The average Bonchev–Trinajstić information content (AvgIpc) is 3.02. The van der Waals surface area contributed by atoms with Crippen molar-refractivity contribution in [3.05, 3.63) is 57.8 Å². The Kier molecular flexibility index (Phi) is 5.10. The summed E-state index contributed by atoms with van der Waals surface area (Å²) in [6.07, 6.45) is 1.74. The van der Waals surface area contributed by atoms with Crippen LogP contribution in [0.15, 0.2) is 44.8 Å². The molecule has 1 aromatic carbocycles. The fourth-order valence-corrected chi connectivity index (χ4v) is 2.93. The van der Waals surface area contributed by atoms with E-state index in [1.807, 2.05) is 31.2 Å². The molecular weight excluding hydrogens is 324 g/mol. The molecule has 2 heterocycles. The molecule has 3 aromatic rings. The molecule has 0 saturated heterocycles. The lowest BCUT2D eigenvalue weighted by molar-refractivity contribution is 0.425. The zero-order valence-electron chi connectivity index (χ0n) is 13.6.